The Morgan fingerprint density at radius 3 is 2.29 bits per heavy atom. The second-order valence-electron chi connectivity index (χ2n) is 4.44. The second-order valence-corrected chi connectivity index (χ2v) is 4.87. The minimum absolute atomic E-state index is 0.475. The van der Waals surface area contributed by atoms with Gasteiger partial charge in [0.25, 0.3) is 5.91 Å². The maximum Gasteiger partial charge on any atom is 0.254 e. The van der Waals surface area contributed by atoms with Crippen molar-refractivity contribution in [1.29, 1.82) is 5.26 Å². The maximum atomic E-state index is 12.0. The second kappa shape index (κ2) is 6.89. The first kappa shape index (κ1) is 15.0. The van der Waals surface area contributed by atoms with Gasteiger partial charge in [-0.25, -0.2) is 0 Å². The van der Waals surface area contributed by atoms with Crippen molar-refractivity contribution in [3.05, 3.63) is 70.7 Å². The van der Waals surface area contributed by atoms with Crippen LogP contribution < -0.4 is 5.32 Å². The molecular formula is C16H13ClN2O2. The number of aliphatic hydroxyl groups excluding tert-OH is 1. The maximum absolute atomic E-state index is 12.0. The molecule has 2 N–H and O–H groups in total. The van der Waals surface area contributed by atoms with Crippen molar-refractivity contribution in [2.24, 2.45) is 0 Å². The number of rotatable bonds is 4. The predicted octanol–water partition coefficient (Wildman–Crippen LogP) is 2.75. The van der Waals surface area contributed by atoms with Gasteiger partial charge in [-0.3, -0.25) is 4.79 Å². The predicted molar refractivity (Wildman–Crippen MR) is 79.4 cm³/mol. The van der Waals surface area contributed by atoms with Crippen LogP contribution in [-0.4, -0.2) is 11.0 Å². The van der Waals surface area contributed by atoms with Crippen LogP contribution in [0.4, 0.5) is 0 Å². The smallest absolute Gasteiger partial charge is 0.254 e. The van der Waals surface area contributed by atoms with E-state index < -0.39 is 18.1 Å². The van der Waals surface area contributed by atoms with Crippen LogP contribution >= 0.6 is 11.6 Å². The summed E-state index contributed by atoms with van der Waals surface area (Å²) in [5, 5.41) is 22.2. The van der Waals surface area contributed by atoms with E-state index >= 15 is 0 Å². The Bertz CT molecular complexity index is 650. The molecule has 0 bridgehead atoms. The number of amides is 1. The van der Waals surface area contributed by atoms with Crippen LogP contribution in [0.15, 0.2) is 54.6 Å². The SMILES string of the molecule is N#C[C@@H](NC(=O)[C@H](O)c1ccccc1)c1ccc(Cl)cc1. The molecule has 0 radical (unpaired) electrons. The highest BCUT2D eigenvalue weighted by molar-refractivity contribution is 6.30. The van der Waals surface area contributed by atoms with Crippen LogP contribution in [0.3, 0.4) is 0 Å². The van der Waals surface area contributed by atoms with Gasteiger partial charge in [0.15, 0.2) is 6.10 Å². The standard InChI is InChI=1S/C16H13ClN2O2/c17-13-8-6-11(7-9-13)14(10-18)19-16(21)15(20)12-4-2-1-3-5-12/h1-9,14-15,20H,(H,19,21)/t14-,15-/m1/s1. The van der Waals surface area contributed by atoms with Gasteiger partial charge in [-0.05, 0) is 23.3 Å². The lowest BCUT2D eigenvalue weighted by atomic mass is 10.1. The lowest BCUT2D eigenvalue weighted by molar-refractivity contribution is -0.130. The van der Waals surface area contributed by atoms with Crippen molar-refractivity contribution in [1.82, 2.24) is 5.32 Å². The van der Waals surface area contributed by atoms with Gasteiger partial charge in [-0.1, -0.05) is 54.1 Å². The van der Waals surface area contributed by atoms with Crippen LogP contribution in [0, 0.1) is 11.3 Å². The van der Waals surface area contributed by atoms with Gasteiger partial charge in [0.2, 0.25) is 0 Å². The molecule has 0 aliphatic rings. The summed E-state index contributed by atoms with van der Waals surface area (Å²) < 4.78 is 0. The minimum Gasteiger partial charge on any atom is -0.378 e. The number of carbonyl (C=O) groups excluding carboxylic acids is 1. The topological polar surface area (TPSA) is 73.1 Å². The number of nitrogens with one attached hydrogen (secondary N) is 1. The van der Waals surface area contributed by atoms with E-state index in [0.29, 0.717) is 16.1 Å². The number of nitrogens with zero attached hydrogens (tertiary/aromatic N) is 1. The molecule has 0 saturated heterocycles. The van der Waals surface area contributed by atoms with Gasteiger partial charge < -0.3 is 10.4 Å². The van der Waals surface area contributed by atoms with E-state index in [0.717, 1.165) is 0 Å². The first-order valence-electron chi connectivity index (χ1n) is 6.30. The lowest BCUT2D eigenvalue weighted by Crippen LogP contribution is -2.32. The van der Waals surface area contributed by atoms with E-state index in [1.165, 1.54) is 0 Å². The molecule has 4 nitrogen and oxygen atoms in total. The number of carbonyl (C=O) groups is 1. The Labute approximate surface area is 127 Å². The average molecular weight is 301 g/mol. The molecule has 106 valence electrons. The fourth-order valence-electron chi connectivity index (χ4n) is 1.85. The van der Waals surface area contributed by atoms with Crippen molar-refractivity contribution in [2.45, 2.75) is 12.1 Å². The summed E-state index contributed by atoms with van der Waals surface area (Å²) in [6.07, 6.45) is -1.31. The summed E-state index contributed by atoms with van der Waals surface area (Å²) in [6, 6.07) is 16.3. The minimum atomic E-state index is -1.31. The highest BCUT2D eigenvalue weighted by atomic mass is 35.5. The summed E-state index contributed by atoms with van der Waals surface area (Å²) in [5.41, 5.74) is 1.08. The molecule has 2 atom stereocenters. The first-order chi connectivity index (χ1) is 10.1. The molecule has 5 heteroatoms. The number of hydrogen-bond donors (Lipinski definition) is 2. The molecule has 2 rings (SSSR count). The molecule has 1 amide bonds. The quantitative estimate of drug-likeness (QED) is 0.912. The summed E-state index contributed by atoms with van der Waals surface area (Å²) in [5.74, 6) is -0.622. The Hall–Kier alpha value is -2.35. The molecule has 0 aliphatic carbocycles. The molecule has 2 aromatic rings. The van der Waals surface area contributed by atoms with Crippen LogP contribution in [0.2, 0.25) is 5.02 Å². The van der Waals surface area contributed by atoms with Crippen molar-refractivity contribution in [3.63, 3.8) is 0 Å². The normalized spacial score (nSPS) is 13.0. The summed E-state index contributed by atoms with van der Waals surface area (Å²) in [6.45, 7) is 0. The third-order valence-corrected chi connectivity index (χ3v) is 3.23. The Balaban J connectivity index is 2.10. The van der Waals surface area contributed by atoms with Gasteiger partial charge in [-0.2, -0.15) is 5.26 Å². The lowest BCUT2D eigenvalue weighted by Gasteiger charge is -2.15. The van der Waals surface area contributed by atoms with Crippen molar-refractivity contribution < 1.29 is 9.90 Å². The zero-order valence-electron chi connectivity index (χ0n) is 11.0. The number of halogens is 1. The molecule has 0 fully saturated rings. The third-order valence-electron chi connectivity index (χ3n) is 2.98. The van der Waals surface area contributed by atoms with Crippen molar-refractivity contribution in [2.75, 3.05) is 0 Å². The van der Waals surface area contributed by atoms with Crippen LogP contribution in [0.5, 0.6) is 0 Å². The van der Waals surface area contributed by atoms with Crippen LogP contribution in [0.1, 0.15) is 23.3 Å². The number of benzene rings is 2. The van der Waals surface area contributed by atoms with Crippen LogP contribution in [0.25, 0.3) is 0 Å². The number of hydrogen-bond acceptors (Lipinski definition) is 3. The van der Waals surface area contributed by atoms with Crippen molar-refractivity contribution >= 4 is 17.5 Å². The Kier molecular flexibility index (Phi) is 4.94. The van der Waals surface area contributed by atoms with E-state index in [-0.39, 0.29) is 0 Å². The number of nitriles is 1. The summed E-state index contributed by atoms with van der Waals surface area (Å²) in [7, 11) is 0. The van der Waals surface area contributed by atoms with Gasteiger partial charge in [0.1, 0.15) is 6.04 Å². The zero-order valence-corrected chi connectivity index (χ0v) is 11.8. The largest absolute Gasteiger partial charge is 0.378 e. The number of aliphatic hydroxyl groups is 1. The van der Waals surface area contributed by atoms with E-state index in [2.05, 4.69) is 5.32 Å². The molecule has 0 aliphatic heterocycles. The fourth-order valence-corrected chi connectivity index (χ4v) is 1.98. The molecule has 21 heavy (non-hydrogen) atoms. The van der Waals surface area contributed by atoms with Gasteiger partial charge in [0, 0.05) is 5.02 Å². The molecule has 0 saturated carbocycles. The summed E-state index contributed by atoms with van der Waals surface area (Å²) >= 11 is 5.79. The molecule has 0 spiro atoms. The fraction of sp³-hybridized carbons (Fsp3) is 0.125. The monoisotopic (exact) mass is 300 g/mol. The Morgan fingerprint density at radius 2 is 1.71 bits per heavy atom. The molecule has 0 aromatic heterocycles. The molecule has 2 aromatic carbocycles. The molecule has 0 heterocycles. The van der Waals surface area contributed by atoms with Gasteiger partial charge in [0.05, 0.1) is 6.07 Å². The van der Waals surface area contributed by atoms with E-state index in [9.17, 15) is 15.2 Å². The molecule has 0 unspecified atom stereocenters. The van der Waals surface area contributed by atoms with Crippen molar-refractivity contribution in [3.8, 4) is 6.07 Å². The Morgan fingerprint density at radius 1 is 1.10 bits per heavy atom. The van der Waals surface area contributed by atoms with E-state index in [1.54, 1.807) is 54.6 Å². The first-order valence-corrected chi connectivity index (χ1v) is 6.68. The van der Waals surface area contributed by atoms with Crippen LogP contribution in [-0.2, 0) is 4.79 Å². The van der Waals surface area contributed by atoms with E-state index in [4.69, 9.17) is 11.6 Å². The highest BCUT2D eigenvalue weighted by Gasteiger charge is 2.21. The van der Waals surface area contributed by atoms with E-state index in [1.807, 2.05) is 6.07 Å². The van der Waals surface area contributed by atoms with Gasteiger partial charge in [-0.15, -0.1) is 0 Å². The third kappa shape index (κ3) is 3.82. The van der Waals surface area contributed by atoms with Gasteiger partial charge >= 0.3 is 0 Å². The average Bonchev–Trinajstić information content (AvgIpc) is 2.53. The zero-order chi connectivity index (χ0) is 15.2. The summed E-state index contributed by atoms with van der Waals surface area (Å²) in [4.78, 5) is 12.0. The molecular weight excluding hydrogens is 288 g/mol. The highest BCUT2D eigenvalue weighted by Crippen LogP contribution is 2.18.